The molecule has 0 amide bonds. The third-order valence-electron chi connectivity index (χ3n) is 2.98. The summed E-state index contributed by atoms with van der Waals surface area (Å²) in [6.45, 7) is -3.26. The summed E-state index contributed by atoms with van der Waals surface area (Å²) in [5, 5.41) is -1.90. The van der Waals surface area contributed by atoms with E-state index in [1.165, 1.54) is 0 Å². The fourth-order valence-electron chi connectivity index (χ4n) is 1.90. The molecule has 1 rings (SSSR count). The van der Waals surface area contributed by atoms with Gasteiger partial charge in [-0.25, -0.2) is 0 Å². The summed E-state index contributed by atoms with van der Waals surface area (Å²) in [4.78, 5) is 11.2. The minimum absolute atomic E-state index is 0.0562. The van der Waals surface area contributed by atoms with Gasteiger partial charge in [0.05, 0.1) is 6.61 Å². The Bertz CT molecular complexity index is 249. The smallest absolute Gasteiger partial charge is 0.466 e. The number of rotatable bonds is 4. The molecule has 1 heterocycles. The molecule has 1 fully saturated rings. The van der Waals surface area contributed by atoms with Crippen LogP contribution in [-0.2, 0) is 14.3 Å². The molecule has 0 unspecified atom stereocenters. The van der Waals surface area contributed by atoms with Gasteiger partial charge in [-0.2, -0.15) is 0 Å². The quantitative estimate of drug-likeness (QED) is 0.557. The van der Waals surface area contributed by atoms with E-state index in [2.05, 4.69) is 4.74 Å². The second-order valence-corrected chi connectivity index (χ2v) is 4.03. The zero-order chi connectivity index (χ0) is 12.2. The molecular weight excluding hydrogens is 224 g/mol. The zero-order valence-electron chi connectivity index (χ0n) is 9.18. The van der Waals surface area contributed by atoms with Crippen LogP contribution in [-0.4, -0.2) is 32.8 Å². The lowest BCUT2D eigenvalue weighted by molar-refractivity contribution is -0.145. The highest BCUT2D eigenvalue weighted by Crippen LogP contribution is 2.52. The first-order chi connectivity index (χ1) is 7.41. The summed E-state index contributed by atoms with van der Waals surface area (Å²) in [5.41, 5.74) is 0. The van der Waals surface area contributed by atoms with Crippen molar-refractivity contribution in [1.82, 2.24) is 0 Å². The van der Waals surface area contributed by atoms with E-state index in [1.807, 2.05) is 0 Å². The second kappa shape index (κ2) is 5.08. The van der Waals surface area contributed by atoms with Crippen LogP contribution in [0, 0.1) is 0 Å². The van der Waals surface area contributed by atoms with Gasteiger partial charge in [0.15, 0.2) is 0 Å². The molecule has 16 heavy (non-hydrogen) atoms. The number of carbonyl (C=O) groups is 1. The highest BCUT2D eigenvalue weighted by atomic mass is 19.4. The van der Waals surface area contributed by atoms with Crippen molar-refractivity contribution in [3.05, 3.63) is 0 Å². The average molecular weight is 239 g/mol. The largest absolute Gasteiger partial charge is 0.485 e. The fraction of sp³-hybridized carbons (Fsp3) is 0.889. The maximum atomic E-state index is 13.0. The molecule has 0 aliphatic carbocycles. The number of halogens is 3. The summed E-state index contributed by atoms with van der Waals surface area (Å²) in [6.07, 6.45) is -0.863. The monoisotopic (exact) mass is 239 g/mol. The second-order valence-electron chi connectivity index (χ2n) is 4.03. The first-order valence-electron chi connectivity index (χ1n) is 5.34. The standard InChI is InChI=1S/C9H15BF3O3/c1-2-16-8(14)7-9(10(11,12)13)3-5-15-6-4-9/h2-7H2,1H3/q-1. The maximum absolute atomic E-state index is 13.0. The molecule has 0 spiro atoms. The summed E-state index contributed by atoms with van der Waals surface area (Å²) in [6, 6.07) is 0. The SMILES string of the molecule is CCOC(=O)CC1([B-](F)(F)F)CCOCC1. The van der Waals surface area contributed by atoms with Gasteiger partial charge in [0.1, 0.15) is 0 Å². The summed E-state index contributed by atoms with van der Waals surface area (Å²) < 4.78 is 48.5. The molecule has 0 atom stereocenters. The van der Waals surface area contributed by atoms with Crippen LogP contribution < -0.4 is 0 Å². The topological polar surface area (TPSA) is 35.5 Å². The Labute approximate surface area is 92.3 Å². The molecule has 7 heteroatoms. The van der Waals surface area contributed by atoms with Crippen LogP contribution in [0.5, 0.6) is 0 Å². The molecule has 0 N–H and O–H groups in total. The highest BCUT2D eigenvalue weighted by molar-refractivity contribution is 6.62. The zero-order valence-corrected chi connectivity index (χ0v) is 9.18. The third-order valence-corrected chi connectivity index (χ3v) is 2.98. The van der Waals surface area contributed by atoms with E-state index < -0.39 is 24.7 Å². The lowest BCUT2D eigenvalue weighted by atomic mass is 9.52. The first-order valence-corrected chi connectivity index (χ1v) is 5.34. The molecule has 0 bridgehead atoms. The molecule has 3 nitrogen and oxygen atoms in total. The van der Waals surface area contributed by atoms with Gasteiger partial charge in [-0.15, -0.1) is 0 Å². The average Bonchev–Trinajstić information content (AvgIpc) is 2.17. The van der Waals surface area contributed by atoms with Gasteiger partial charge in [0.2, 0.25) is 0 Å². The van der Waals surface area contributed by atoms with Gasteiger partial charge in [-0.3, -0.25) is 4.79 Å². The third kappa shape index (κ3) is 2.90. The van der Waals surface area contributed by atoms with Crippen molar-refractivity contribution in [2.24, 2.45) is 0 Å². The fourth-order valence-corrected chi connectivity index (χ4v) is 1.90. The minimum atomic E-state index is -5.06. The van der Waals surface area contributed by atoms with Crippen LogP contribution in [0.15, 0.2) is 0 Å². The van der Waals surface area contributed by atoms with Crippen molar-refractivity contribution < 1.29 is 27.2 Å². The van der Waals surface area contributed by atoms with E-state index >= 15 is 0 Å². The van der Waals surface area contributed by atoms with Gasteiger partial charge >= 0.3 is 12.9 Å². The molecule has 0 saturated carbocycles. The van der Waals surface area contributed by atoms with Crippen molar-refractivity contribution >= 4 is 12.9 Å². The maximum Gasteiger partial charge on any atom is 0.485 e. The highest BCUT2D eigenvalue weighted by Gasteiger charge is 2.51. The van der Waals surface area contributed by atoms with Gasteiger partial charge < -0.3 is 22.4 Å². The lowest BCUT2D eigenvalue weighted by Crippen LogP contribution is -2.42. The number of carbonyl (C=O) groups excluding carboxylic acids is 1. The minimum Gasteiger partial charge on any atom is -0.466 e. The molecule has 1 saturated heterocycles. The summed E-state index contributed by atoms with van der Waals surface area (Å²) in [5.74, 6) is -0.774. The normalized spacial score (nSPS) is 20.5. The van der Waals surface area contributed by atoms with Crippen molar-refractivity contribution in [2.75, 3.05) is 19.8 Å². The Balaban J connectivity index is 2.75. The van der Waals surface area contributed by atoms with E-state index in [4.69, 9.17) is 4.74 Å². The van der Waals surface area contributed by atoms with E-state index in [9.17, 15) is 17.7 Å². The summed E-state index contributed by atoms with van der Waals surface area (Å²) >= 11 is 0. The van der Waals surface area contributed by atoms with E-state index in [-0.39, 0.29) is 32.7 Å². The van der Waals surface area contributed by atoms with E-state index in [1.54, 1.807) is 6.92 Å². The predicted octanol–water partition coefficient (Wildman–Crippen LogP) is 2.34. The number of ether oxygens (including phenoxy) is 2. The van der Waals surface area contributed by atoms with E-state index in [0.29, 0.717) is 0 Å². The predicted molar refractivity (Wildman–Crippen MR) is 53.1 cm³/mol. The van der Waals surface area contributed by atoms with Crippen LogP contribution in [0.1, 0.15) is 26.2 Å². The molecule has 0 aromatic carbocycles. The molecule has 1 aliphatic heterocycles. The number of hydrogen-bond acceptors (Lipinski definition) is 3. The lowest BCUT2D eigenvalue weighted by Gasteiger charge is -2.43. The van der Waals surface area contributed by atoms with Crippen LogP contribution in [0.2, 0.25) is 5.31 Å². The summed E-state index contributed by atoms with van der Waals surface area (Å²) in [7, 11) is 0. The van der Waals surface area contributed by atoms with Gasteiger partial charge in [-0.1, -0.05) is 0 Å². The molecule has 0 aromatic rings. The first kappa shape index (κ1) is 13.4. The number of esters is 1. The Morgan fingerprint density at radius 2 is 1.94 bits per heavy atom. The van der Waals surface area contributed by atoms with Crippen molar-refractivity contribution in [1.29, 1.82) is 0 Å². The van der Waals surface area contributed by atoms with E-state index in [0.717, 1.165) is 0 Å². The molecule has 94 valence electrons. The van der Waals surface area contributed by atoms with Crippen LogP contribution in [0.3, 0.4) is 0 Å². The van der Waals surface area contributed by atoms with Gasteiger partial charge in [0.25, 0.3) is 0 Å². The molecular formula is C9H15BF3O3-. The van der Waals surface area contributed by atoms with Crippen molar-refractivity contribution in [3.63, 3.8) is 0 Å². The van der Waals surface area contributed by atoms with Gasteiger partial charge in [0, 0.05) is 19.6 Å². The Morgan fingerprint density at radius 3 is 2.38 bits per heavy atom. The number of hydrogen-bond donors (Lipinski definition) is 0. The molecule has 1 aliphatic rings. The Kier molecular flexibility index (Phi) is 4.24. The Hall–Kier alpha value is -0.715. The molecule has 0 aromatic heterocycles. The molecule has 0 radical (unpaired) electrons. The Morgan fingerprint density at radius 1 is 1.38 bits per heavy atom. The van der Waals surface area contributed by atoms with Crippen molar-refractivity contribution in [3.8, 4) is 0 Å². The van der Waals surface area contributed by atoms with Crippen LogP contribution in [0.4, 0.5) is 12.9 Å². The van der Waals surface area contributed by atoms with Crippen LogP contribution >= 0.6 is 0 Å². The van der Waals surface area contributed by atoms with Crippen molar-refractivity contribution in [2.45, 2.75) is 31.5 Å². The van der Waals surface area contributed by atoms with Gasteiger partial charge in [-0.05, 0) is 25.1 Å². The van der Waals surface area contributed by atoms with Crippen LogP contribution in [0.25, 0.3) is 0 Å².